The molecule has 0 bridgehead atoms. The summed E-state index contributed by atoms with van der Waals surface area (Å²) in [4.78, 5) is 11.2. The third-order valence-electron chi connectivity index (χ3n) is 3.72. The quantitative estimate of drug-likeness (QED) is 0.701. The molecule has 0 unspecified atom stereocenters. The van der Waals surface area contributed by atoms with E-state index in [-0.39, 0.29) is 12.1 Å². The van der Waals surface area contributed by atoms with Crippen molar-refractivity contribution in [3.63, 3.8) is 0 Å². The number of quaternary nitrogens is 1. The number of aliphatic hydroxyl groups excluding tert-OH is 1. The van der Waals surface area contributed by atoms with E-state index < -0.39 is 12.1 Å². The number of carbonyl (C=O) groups is 1. The highest BCUT2D eigenvalue weighted by atomic mass is 16.4. The summed E-state index contributed by atoms with van der Waals surface area (Å²) >= 11 is 0. The van der Waals surface area contributed by atoms with Crippen LogP contribution in [-0.4, -0.2) is 24.4 Å². The molecule has 0 aliphatic carbocycles. The number of aliphatic carboxylic acids is 1. The topological polar surface area (TPSA) is 89.0 Å². The van der Waals surface area contributed by atoms with Crippen molar-refractivity contribution in [3.05, 3.63) is 71.8 Å². The van der Waals surface area contributed by atoms with Gasteiger partial charge in [0.2, 0.25) is 0 Å². The highest BCUT2D eigenvalue weighted by molar-refractivity contribution is 5.69. The fourth-order valence-electron chi connectivity index (χ4n) is 2.76. The molecule has 1 saturated heterocycles. The Morgan fingerprint density at radius 3 is 2.00 bits per heavy atom. The van der Waals surface area contributed by atoms with Crippen molar-refractivity contribution >= 4 is 5.97 Å². The van der Waals surface area contributed by atoms with Crippen LogP contribution < -0.4 is 15.7 Å². The lowest BCUT2D eigenvalue weighted by atomic mass is 9.95. The molecule has 22 heavy (non-hydrogen) atoms. The number of carbonyl (C=O) groups excluding carboxylic acids is 1. The maximum absolute atomic E-state index is 11.2. The fourth-order valence-corrected chi connectivity index (χ4v) is 2.76. The van der Waals surface area contributed by atoms with E-state index in [1.54, 1.807) is 0 Å². The van der Waals surface area contributed by atoms with Crippen molar-refractivity contribution < 1.29 is 20.3 Å². The second-order valence-electron chi connectivity index (χ2n) is 4.98. The van der Waals surface area contributed by atoms with Crippen LogP contribution in [0.1, 0.15) is 23.2 Å². The van der Waals surface area contributed by atoms with Gasteiger partial charge in [0.1, 0.15) is 12.0 Å². The zero-order valence-electron chi connectivity index (χ0n) is 12.3. The van der Waals surface area contributed by atoms with E-state index in [1.807, 2.05) is 66.0 Å². The number of nitrogens with two attached hydrogens (primary N) is 1. The Kier molecular flexibility index (Phi) is 5.66. The predicted molar refractivity (Wildman–Crippen MR) is 80.4 cm³/mol. The summed E-state index contributed by atoms with van der Waals surface area (Å²) in [7, 11) is 1.00. The van der Waals surface area contributed by atoms with Crippen molar-refractivity contribution in [2.24, 2.45) is 0 Å². The molecule has 2 aromatic rings. The lowest BCUT2D eigenvalue weighted by Gasteiger charge is -2.16. The molecule has 0 amide bonds. The normalized spacial score (nSPS) is 23.5. The number of rotatable bonds is 3. The van der Waals surface area contributed by atoms with Crippen LogP contribution in [0.15, 0.2) is 60.7 Å². The van der Waals surface area contributed by atoms with Crippen molar-refractivity contribution in [2.75, 3.05) is 7.11 Å². The molecule has 5 nitrogen and oxygen atoms in total. The molecule has 1 aliphatic heterocycles. The van der Waals surface area contributed by atoms with Crippen molar-refractivity contribution in [2.45, 2.75) is 18.2 Å². The first-order valence-electron chi connectivity index (χ1n) is 7.12. The molecule has 0 saturated carbocycles. The molecule has 3 atom stereocenters. The van der Waals surface area contributed by atoms with Gasteiger partial charge >= 0.3 is 0 Å². The molecule has 0 spiro atoms. The lowest BCUT2D eigenvalue weighted by Crippen LogP contribution is -2.92. The minimum absolute atomic E-state index is 0.0292. The molecule has 0 aromatic heterocycles. The Morgan fingerprint density at radius 2 is 1.50 bits per heavy atom. The number of carboxylic acids is 1. The summed E-state index contributed by atoms with van der Waals surface area (Å²) in [6, 6.07) is 19.8. The van der Waals surface area contributed by atoms with Gasteiger partial charge in [-0.3, -0.25) is 0 Å². The number of nitrogens with one attached hydrogen (secondary N) is 1. The van der Waals surface area contributed by atoms with E-state index in [1.165, 1.54) is 0 Å². The van der Waals surface area contributed by atoms with E-state index in [9.17, 15) is 9.90 Å². The lowest BCUT2D eigenvalue weighted by molar-refractivity contribution is -0.704. The molecule has 1 heterocycles. The second kappa shape index (κ2) is 7.70. The number of aliphatic hydroxyl groups is 1. The highest BCUT2D eigenvalue weighted by Gasteiger charge is 2.39. The van der Waals surface area contributed by atoms with E-state index >= 15 is 0 Å². The third-order valence-corrected chi connectivity index (χ3v) is 3.72. The van der Waals surface area contributed by atoms with Gasteiger partial charge in [0.15, 0.2) is 6.17 Å². The Bertz CT molecular complexity index is 542. The first-order chi connectivity index (χ1) is 10.8. The van der Waals surface area contributed by atoms with Crippen LogP contribution in [0.4, 0.5) is 0 Å². The minimum atomic E-state index is -1.08. The molecule has 1 fully saturated rings. The molecule has 4 N–H and O–H groups in total. The molecule has 116 valence electrons. The number of hydrogen-bond acceptors (Lipinski definition) is 4. The van der Waals surface area contributed by atoms with Crippen molar-refractivity contribution in [3.8, 4) is 0 Å². The highest BCUT2D eigenvalue weighted by Crippen LogP contribution is 2.28. The molecule has 2 aromatic carbocycles. The van der Waals surface area contributed by atoms with E-state index in [4.69, 9.17) is 5.11 Å². The zero-order chi connectivity index (χ0) is 15.9. The summed E-state index contributed by atoms with van der Waals surface area (Å²) in [5, 5.41) is 23.1. The Labute approximate surface area is 129 Å². The summed E-state index contributed by atoms with van der Waals surface area (Å²) in [5.74, 6) is -1.08. The molecule has 3 rings (SSSR count). The Hall–Kier alpha value is -2.21. The van der Waals surface area contributed by atoms with Crippen LogP contribution in [0, 0.1) is 0 Å². The van der Waals surface area contributed by atoms with Gasteiger partial charge < -0.3 is 20.3 Å². The third kappa shape index (κ3) is 3.51. The zero-order valence-corrected chi connectivity index (χ0v) is 12.3. The average Bonchev–Trinajstić information content (AvgIpc) is 3.04. The molecular weight excluding hydrogens is 280 g/mol. The standard InChI is InChI=1S/C16H16N2O2.CH4O/c19-16(20)15-17-13(11-7-3-1-4-8-11)14(18-15)12-9-5-2-6-10-12;1-2/h1-10,13-15,17-18H,(H,19,20);2H,1H3/t13-,14-;/m1./s1. The van der Waals surface area contributed by atoms with Gasteiger partial charge in [0, 0.05) is 12.7 Å². The maximum atomic E-state index is 11.2. The van der Waals surface area contributed by atoms with Crippen LogP contribution in [0.3, 0.4) is 0 Å². The predicted octanol–water partition coefficient (Wildman–Crippen LogP) is -0.680. The van der Waals surface area contributed by atoms with Crippen molar-refractivity contribution in [1.82, 2.24) is 5.32 Å². The average molecular weight is 300 g/mol. The van der Waals surface area contributed by atoms with Crippen LogP contribution in [0.25, 0.3) is 0 Å². The van der Waals surface area contributed by atoms with Gasteiger partial charge in [0.25, 0.3) is 0 Å². The van der Waals surface area contributed by atoms with Gasteiger partial charge in [-0.05, 0) is 5.56 Å². The number of hydrogen-bond donors (Lipinski definition) is 3. The smallest absolute Gasteiger partial charge is 0.182 e. The summed E-state index contributed by atoms with van der Waals surface area (Å²) in [5.41, 5.74) is 2.19. The molecule has 5 heteroatoms. The van der Waals surface area contributed by atoms with Gasteiger partial charge in [-0.1, -0.05) is 60.7 Å². The first-order valence-corrected chi connectivity index (χ1v) is 7.12. The first kappa shape index (κ1) is 16.2. The minimum Gasteiger partial charge on any atom is -0.543 e. The SMILES string of the molecule is CO.O=C([O-])[C@H]1N[C@H](c2ccccc2)[C@@H](c2ccccc2)[NH2+]1. The second-order valence-corrected chi connectivity index (χ2v) is 4.98. The number of carboxylic acid groups (broad SMARTS) is 1. The summed E-state index contributed by atoms with van der Waals surface area (Å²) in [6.45, 7) is 0. The Morgan fingerprint density at radius 1 is 1.00 bits per heavy atom. The molecular formula is C17H20N2O3. The van der Waals surface area contributed by atoms with Crippen LogP contribution in [0.2, 0.25) is 0 Å². The van der Waals surface area contributed by atoms with E-state index in [2.05, 4.69) is 5.32 Å². The van der Waals surface area contributed by atoms with Gasteiger partial charge in [-0.2, -0.15) is 0 Å². The van der Waals surface area contributed by atoms with Gasteiger partial charge in [-0.25, -0.2) is 5.32 Å². The monoisotopic (exact) mass is 300 g/mol. The fraction of sp³-hybridized carbons (Fsp3) is 0.235. The largest absolute Gasteiger partial charge is 0.543 e. The van der Waals surface area contributed by atoms with Gasteiger partial charge in [-0.15, -0.1) is 0 Å². The van der Waals surface area contributed by atoms with Crippen LogP contribution in [-0.2, 0) is 4.79 Å². The Balaban J connectivity index is 0.000000847. The van der Waals surface area contributed by atoms with Gasteiger partial charge in [0.05, 0.1) is 6.04 Å². The van der Waals surface area contributed by atoms with Crippen molar-refractivity contribution in [1.29, 1.82) is 0 Å². The van der Waals surface area contributed by atoms with Crippen LogP contribution >= 0.6 is 0 Å². The number of benzene rings is 2. The maximum Gasteiger partial charge on any atom is 0.182 e. The summed E-state index contributed by atoms with van der Waals surface area (Å²) < 4.78 is 0. The summed E-state index contributed by atoms with van der Waals surface area (Å²) in [6.07, 6.45) is -0.717. The molecule has 0 radical (unpaired) electrons. The van der Waals surface area contributed by atoms with Crippen LogP contribution in [0.5, 0.6) is 0 Å². The van der Waals surface area contributed by atoms with E-state index in [0.29, 0.717) is 0 Å². The molecule has 1 aliphatic rings. The van der Waals surface area contributed by atoms with E-state index in [0.717, 1.165) is 18.2 Å².